The molecule has 1 rings (SSSR count). The summed E-state index contributed by atoms with van der Waals surface area (Å²) >= 11 is 0. The van der Waals surface area contributed by atoms with E-state index in [1.807, 2.05) is 0 Å². The Kier molecular flexibility index (Phi) is 4.31. The van der Waals surface area contributed by atoms with Crippen molar-refractivity contribution >= 4 is 5.97 Å². The number of hydrogen-bond acceptors (Lipinski definition) is 3. The summed E-state index contributed by atoms with van der Waals surface area (Å²) in [4.78, 5) is 10.6. The molecule has 0 aliphatic carbocycles. The fourth-order valence-electron chi connectivity index (χ4n) is 1.18. The van der Waals surface area contributed by atoms with Crippen LogP contribution in [-0.4, -0.2) is 17.7 Å². The molecule has 1 unspecified atom stereocenters. The summed E-state index contributed by atoms with van der Waals surface area (Å²) in [6.45, 7) is 4.77. The molecule has 0 aliphatic heterocycles. The second-order valence-corrected chi connectivity index (χ2v) is 4.09. The van der Waals surface area contributed by atoms with Crippen LogP contribution >= 0.6 is 0 Å². The maximum absolute atomic E-state index is 10.6. The van der Waals surface area contributed by atoms with Gasteiger partial charge in [-0.2, -0.15) is 0 Å². The van der Waals surface area contributed by atoms with Crippen LogP contribution in [0.15, 0.2) is 24.3 Å². The van der Waals surface area contributed by atoms with Crippen molar-refractivity contribution in [1.82, 2.24) is 0 Å². The molecule has 4 heteroatoms. The standard InChI is InChI=1S/C12H17NO3/c1-8(2)7-16-10-5-3-9(4-6-10)11(13)12(14)15/h3-6,8,11H,7,13H2,1-2H3,(H,14,15). The normalized spacial score (nSPS) is 12.5. The number of carbonyl (C=O) groups is 1. The summed E-state index contributed by atoms with van der Waals surface area (Å²) in [6, 6.07) is 5.85. The minimum Gasteiger partial charge on any atom is -0.493 e. The number of carboxylic acids is 1. The van der Waals surface area contributed by atoms with E-state index < -0.39 is 12.0 Å². The Morgan fingerprint density at radius 1 is 1.38 bits per heavy atom. The van der Waals surface area contributed by atoms with Crippen molar-refractivity contribution in [3.05, 3.63) is 29.8 Å². The number of aliphatic carboxylic acids is 1. The zero-order valence-electron chi connectivity index (χ0n) is 9.51. The summed E-state index contributed by atoms with van der Waals surface area (Å²) < 4.78 is 5.47. The van der Waals surface area contributed by atoms with Gasteiger partial charge < -0.3 is 15.6 Å². The molecule has 3 N–H and O–H groups in total. The van der Waals surface area contributed by atoms with Crippen molar-refractivity contribution in [2.75, 3.05) is 6.61 Å². The summed E-state index contributed by atoms with van der Waals surface area (Å²) in [6.07, 6.45) is 0. The second kappa shape index (κ2) is 5.51. The predicted octanol–water partition coefficient (Wildman–Crippen LogP) is 1.81. The quantitative estimate of drug-likeness (QED) is 0.798. The van der Waals surface area contributed by atoms with Crippen molar-refractivity contribution in [3.63, 3.8) is 0 Å². The van der Waals surface area contributed by atoms with E-state index in [4.69, 9.17) is 15.6 Å². The van der Waals surface area contributed by atoms with Gasteiger partial charge in [-0.05, 0) is 23.6 Å². The summed E-state index contributed by atoms with van der Waals surface area (Å²) in [5.74, 6) is 0.159. The van der Waals surface area contributed by atoms with Crippen LogP contribution in [0.1, 0.15) is 25.5 Å². The molecule has 1 aromatic carbocycles. The van der Waals surface area contributed by atoms with Crippen molar-refractivity contribution < 1.29 is 14.6 Å². The Balaban J connectivity index is 2.64. The van der Waals surface area contributed by atoms with Crippen LogP contribution in [0.3, 0.4) is 0 Å². The van der Waals surface area contributed by atoms with E-state index in [1.54, 1.807) is 24.3 Å². The van der Waals surface area contributed by atoms with Gasteiger partial charge in [0.05, 0.1) is 6.61 Å². The van der Waals surface area contributed by atoms with Crippen LogP contribution in [0.5, 0.6) is 5.75 Å². The first-order chi connectivity index (χ1) is 7.50. The highest BCUT2D eigenvalue weighted by Crippen LogP contribution is 2.17. The number of nitrogens with two attached hydrogens (primary N) is 1. The molecule has 0 amide bonds. The van der Waals surface area contributed by atoms with Crippen molar-refractivity contribution in [2.24, 2.45) is 11.7 Å². The summed E-state index contributed by atoms with van der Waals surface area (Å²) in [7, 11) is 0. The topological polar surface area (TPSA) is 72.5 Å². The second-order valence-electron chi connectivity index (χ2n) is 4.09. The van der Waals surface area contributed by atoms with Crippen LogP contribution < -0.4 is 10.5 Å². The number of carboxylic acid groups (broad SMARTS) is 1. The van der Waals surface area contributed by atoms with E-state index in [1.165, 1.54) is 0 Å². The highest BCUT2D eigenvalue weighted by Gasteiger charge is 2.13. The molecule has 0 radical (unpaired) electrons. The molecule has 0 aliphatic rings. The third-order valence-corrected chi connectivity index (χ3v) is 2.09. The van der Waals surface area contributed by atoms with Crippen molar-refractivity contribution in [3.8, 4) is 5.75 Å². The number of hydrogen-bond donors (Lipinski definition) is 2. The van der Waals surface area contributed by atoms with Crippen LogP contribution in [0.25, 0.3) is 0 Å². The van der Waals surface area contributed by atoms with E-state index >= 15 is 0 Å². The molecule has 0 saturated heterocycles. The predicted molar refractivity (Wildman–Crippen MR) is 61.3 cm³/mol. The van der Waals surface area contributed by atoms with Gasteiger partial charge in [0.15, 0.2) is 0 Å². The molecule has 0 spiro atoms. The molecule has 0 bridgehead atoms. The fraction of sp³-hybridized carbons (Fsp3) is 0.417. The number of rotatable bonds is 5. The van der Waals surface area contributed by atoms with Gasteiger partial charge in [0.2, 0.25) is 0 Å². The molecule has 0 aromatic heterocycles. The third kappa shape index (κ3) is 3.55. The van der Waals surface area contributed by atoms with Gasteiger partial charge in [0.25, 0.3) is 0 Å². The smallest absolute Gasteiger partial charge is 0.325 e. The molecular formula is C12H17NO3. The van der Waals surface area contributed by atoms with Crippen molar-refractivity contribution in [2.45, 2.75) is 19.9 Å². The first kappa shape index (κ1) is 12.5. The van der Waals surface area contributed by atoms with E-state index in [0.29, 0.717) is 18.1 Å². The Hall–Kier alpha value is -1.55. The zero-order chi connectivity index (χ0) is 12.1. The van der Waals surface area contributed by atoms with E-state index in [-0.39, 0.29) is 0 Å². The van der Waals surface area contributed by atoms with Gasteiger partial charge in [-0.15, -0.1) is 0 Å². The minimum atomic E-state index is -1.03. The van der Waals surface area contributed by atoms with Crippen LogP contribution in [-0.2, 0) is 4.79 Å². The Labute approximate surface area is 95.0 Å². The van der Waals surface area contributed by atoms with Gasteiger partial charge in [-0.3, -0.25) is 4.79 Å². The minimum absolute atomic E-state index is 0.459. The highest BCUT2D eigenvalue weighted by molar-refractivity contribution is 5.75. The lowest BCUT2D eigenvalue weighted by atomic mass is 10.1. The monoisotopic (exact) mass is 223 g/mol. The number of ether oxygens (including phenoxy) is 1. The van der Waals surface area contributed by atoms with Gasteiger partial charge in [0.1, 0.15) is 11.8 Å². The zero-order valence-corrected chi connectivity index (χ0v) is 9.51. The average Bonchev–Trinajstić information content (AvgIpc) is 2.26. The molecule has 4 nitrogen and oxygen atoms in total. The Bertz CT molecular complexity index is 346. The molecule has 1 atom stereocenters. The van der Waals surface area contributed by atoms with Crippen LogP contribution in [0, 0.1) is 5.92 Å². The summed E-state index contributed by atoms with van der Waals surface area (Å²) in [5, 5.41) is 8.72. The molecule has 1 aromatic rings. The highest BCUT2D eigenvalue weighted by atomic mass is 16.5. The number of benzene rings is 1. The fourth-order valence-corrected chi connectivity index (χ4v) is 1.18. The lowest BCUT2D eigenvalue weighted by molar-refractivity contribution is -0.138. The lowest BCUT2D eigenvalue weighted by Gasteiger charge is -2.10. The maximum atomic E-state index is 10.6. The van der Waals surface area contributed by atoms with Crippen LogP contribution in [0.2, 0.25) is 0 Å². The maximum Gasteiger partial charge on any atom is 0.325 e. The molecule has 16 heavy (non-hydrogen) atoms. The first-order valence-electron chi connectivity index (χ1n) is 5.22. The Morgan fingerprint density at radius 3 is 2.38 bits per heavy atom. The molecule has 0 heterocycles. The SMILES string of the molecule is CC(C)COc1ccc(C(N)C(=O)O)cc1. The van der Waals surface area contributed by atoms with Gasteiger partial charge >= 0.3 is 5.97 Å². The molecule has 0 fully saturated rings. The van der Waals surface area contributed by atoms with E-state index in [0.717, 1.165) is 5.75 Å². The van der Waals surface area contributed by atoms with E-state index in [2.05, 4.69) is 13.8 Å². The molecule has 88 valence electrons. The first-order valence-corrected chi connectivity index (χ1v) is 5.22. The third-order valence-electron chi connectivity index (χ3n) is 2.09. The van der Waals surface area contributed by atoms with Gasteiger partial charge in [-0.25, -0.2) is 0 Å². The largest absolute Gasteiger partial charge is 0.493 e. The Morgan fingerprint density at radius 2 is 1.94 bits per heavy atom. The van der Waals surface area contributed by atoms with Gasteiger partial charge in [0, 0.05) is 0 Å². The molecule has 0 saturated carbocycles. The van der Waals surface area contributed by atoms with Crippen LogP contribution in [0.4, 0.5) is 0 Å². The molecular weight excluding hydrogens is 206 g/mol. The van der Waals surface area contributed by atoms with Gasteiger partial charge in [-0.1, -0.05) is 26.0 Å². The summed E-state index contributed by atoms with van der Waals surface area (Å²) in [5.41, 5.74) is 6.04. The lowest BCUT2D eigenvalue weighted by Crippen LogP contribution is -2.20. The average molecular weight is 223 g/mol. The van der Waals surface area contributed by atoms with Crippen molar-refractivity contribution in [1.29, 1.82) is 0 Å². The van der Waals surface area contributed by atoms with E-state index in [9.17, 15) is 4.79 Å².